The Morgan fingerprint density at radius 3 is 2.32 bits per heavy atom. The molecule has 0 aliphatic heterocycles. The molecule has 5 rings (SSSR count). The van der Waals surface area contributed by atoms with Gasteiger partial charge in [0.05, 0.1) is 21.5 Å². The maximum Gasteiger partial charge on any atom is 0.490 e. The molecule has 44 heavy (non-hydrogen) atoms. The first kappa shape index (κ1) is 32.3. The van der Waals surface area contributed by atoms with Crippen molar-refractivity contribution < 1.29 is 39.9 Å². The molecule has 0 radical (unpaired) electrons. The van der Waals surface area contributed by atoms with Gasteiger partial charge in [0.2, 0.25) is 25.9 Å². The number of carboxylic acids is 1. The Morgan fingerprint density at radius 2 is 1.75 bits per heavy atom. The summed E-state index contributed by atoms with van der Waals surface area (Å²) in [5, 5.41) is 26.6. The van der Waals surface area contributed by atoms with Crippen LogP contribution in [0.5, 0.6) is 0 Å². The van der Waals surface area contributed by atoms with E-state index < -0.39 is 48.1 Å². The SMILES string of the molecule is Nc1nc2c(-c3ccc(S(=O)(=O)N[C@@H](N)c4ccccn4)c(S(N)(=O)=O)c3-c3nn[nH]n3)cccc2s1.O=C(O)C(F)(F)F. The number of aromatic nitrogens is 6. The highest BCUT2D eigenvalue weighted by Gasteiger charge is 2.38. The molecule has 232 valence electrons. The number of alkyl halides is 3. The van der Waals surface area contributed by atoms with Gasteiger partial charge in [-0.25, -0.2) is 31.8 Å². The number of rotatable bonds is 7. The van der Waals surface area contributed by atoms with Crippen LogP contribution in [0, 0.1) is 0 Å². The molecule has 3 aromatic heterocycles. The molecular formula is C22H19F3N10O6S3. The van der Waals surface area contributed by atoms with Crippen molar-refractivity contribution in [2.24, 2.45) is 10.9 Å². The molecule has 9 N–H and O–H groups in total. The number of nitrogens with zero attached hydrogens (tertiary/aromatic N) is 5. The van der Waals surface area contributed by atoms with Crippen molar-refractivity contribution in [1.29, 1.82) is 0 Å². The summed E-state index contributed by atoms with van der Waals surface area (Å²) >= 11 is 1.23. The zero-order valence-corrected chi connectivity index (χ0v) is 24.0. The summed E-state index contributed by atoms with van der Waals surface area (Å²) in [5.74, 6) is -2.96. The number of hydrogen-bond donors (Lipinski definition) is 6. The second kappa shape index (κ2) is 12.2. The summed E-state index contributed by atoms with van der Waals surface area (Å²) < 4.78 is 87.5. The number of aliphatic carboxylic acids is 1. The number of tetrazole rings is 1. The lowest BCUT2D eigenvalue weighted by Crippen LogP contribution is -2.35. The van der Waals surface area contributed by atoms with Crippen LogP contribution >= 0.6 is 11.3 Å². The number of fused-ring (bicyclic) bond motifs is 1. The molecule has 1 atom stereocenters. The number of anilines is 1. The number of para-hydroxylation sites is 1. The van der Waals surface area contributed by atoms with Crippen molar-refractivity contribution in [2.75, 3.05) is 5.73 Å². The second-order valence-electron chi connectivity index (χ2n) is 8.46. The zero-order chi connectivity index (χ0) is 32.4. The van der Waals surface area contributed by atoms with E-state index in [9.17, 15) is 30.0 Å². The first-order valence-corrected chi connectivity index (χ1v) is 15.4. The lowest BCUT2D eigenvalue weighted by Gasteiger charge is -2.18. The topological polar surface area (TPSA) is 276 Å². The molecule has 16 nitrogen and oxygen atoms in total. The molecule has 0 bridgehead atoms. The minimum Gasteiger partial charge on any atom is -0.475 e. The quantitative estimate of drug-likeness (QED) is 0.133. The molecule has 0 unspecified atom stereocenters. The highest BCUT2D eigenvalue weighted by Crippen LogP contribution is 2.42. The van der Waals surface area contributed by atoms with Gasteiger partial charge in [-0.2, -0.15) is 23.1 Å². The molecule has 0 aliphatic rings. The van der Waals surface area contributed by atoms with Gasteiger partial charge in [-0.3, -0.25) is 4.98 Å². The van der Waals surface area contributed by atoms with E-state index in [1.54, 1.807) is 30.3 Å². The number of carboxylic acid groups (broad SMARTS) is 1. The van der Waals surface area contributed by atoms with Crippen molar-refractivity contribution >= 4 is 52.7 Å². The fourth-order valence-electron chi connectivity index (χ4n) is 3.81. The minimum absolute atomic E-state index is 0.190. The van der Waals surface area contributed by atoms with Crippen LogP contribution in [-0.2, 0) is 24.8 Å². The molecule has 3 heterocycles. The first-order chi connectivity index (χ1) is 20.5. The van der Waals surface area contributed by atoms with Crippen LogP contribution in [0.3, 0.4) is 0 Å². The number of nitrogens with one attached hydrogen (secondary N) is 2. The van der Waals surface area contributed by atoms with Crippen molar-refractivity contribution in [3.8, 4) is 22.5 Å². The van der Waals surface area contributed by atoms with E-state index in [4.69, 9.17) is 26.5 Å². The van der Waals surface area contributed by atoms with Crippen LogP contribution in [0.1, 0.15) is 11.9 Å². The molecule has 22 heteroatoms. The normalized spacial score (nSPS) is 12.8. The highest BCUT2D eigenvalue weighted by atomic mass is 32.2. The summed E-state index contributed by atoms with van der Waals surface area (Å²) in [6, 6.07) is 12.5. The number of aromatic amines is 1. The van der Waals surface area contributed by atoms with Crippen LogP contribution < -0.4 is 21.3 Å². The molecule has 2 aromatic carbocycles. The third-order valence-electron chi connectivity index (χ3n) is 5.52. The molecule has 0 saturated heterocycles. The number of H-pyrrole nitrogens is 1. The monoisotopic (exact) mass is 672 g/mol. The third kappa shape index (κ3) is 6.95. The van der Waals surface area contributed by atoms with Crippen LogP contribution in [0.15, 0.2) is 64.5 Å². The maximum atomic E-state index is 13.4. The smallest absolute Gasteiger partial charge is 0.475 e. The molecular weight excluding hydrogens is 654 g/mol. The van der Waals surface area contributed by atoms with Crippen molar-refractivity contribution in [2.45, 2.75) is 22.1 Å². The van der Waals surface area contributed by atoms with Crippen LogP contribution in [-0.4, -0.2) is 64.7 Å². The number of primary sulfonamides is 1. The average molecular weight is 673 g/mol. The van der Waals surface area contributed by atoms with E-state index in [-0.39, 0.29) is 22.6 Å². The Hall–Kier alpha value is -4.61. The van der Waals surface area contributed by atoms with E-state index in [0.717, 1.165) is 10.8 Å². The van der Waals surface area contributed by atoms with Crippen LogP contribution in [0.4, 0.5) is 18.3 Å². The number of halogens is 3. The van der Waals surface area contributed by atoms with E-state index >= 15 is 0 Å². The van der Waals surface area contributed by atoms with Gasteiger partial charge in [0, 0.05) is 11.8 Å². The van der Waals surface area contributed by atoms with Gasteiger partial charge in [0.1, 0.15) is 16.0 Å². The third-order valence-corrected chi connectivity index (χ3v) is 8.98. The molecule has 5 aromatic rings. The van der Waals surface area contributed by atoms with Crippen molar-refractivity contribution in [3.05, 3.63) is 60.4 Å². The lowest BCUT2D eigenvalue weighted by atomic mass is 9.98. The van der Waals surface area contributed by atoms with Gasteiger partial charge >= 0.3 is 12.1 Å². The number of benzene rings is 2. The molecule has 0 fully saturated rings. The average Bonchev–Trinajstić information content (AvgIpc) is 3.61. The summed E-state index contributed by atoms with van der Waals surface area (Å²) in [7, 11) is -9.26. The lowest BCUT2D eigenvalue weighted by molar-refractivity contribution is -0.192. The first-order valence-electron chi connectivity index (χ1n) is 11.6. The summed E-state index contributed by atoms with van der Waals surface area (Å²) in [4.78, 5) is 15.9. The Labute approximate surface area is 249 Å². The summed E-state index contributed by atoms with van der Waals surface area (Å²) in [5.41, 5.74) is 13.1. The number of thiazole rings is 1. The summed E-state index contributed by atoms with van der Waals surface area (Å²) in [6.45, 7) is 0. The Bertz CT molecular complexity index is 2040. The fourth-order valence-corrected chi connectivity index (χ4v) is 7.25. The number of hydrogen-bond acceptors (Lipinski definition) is 13. The van der Waals surface area contributed by atoms with Gasteiger partial charge in [-0.15, -0.1) is 10.2 Å². The van der Waals surface area contributed by atoms with Gasteiger partial charge in [0.15, 0.2) is 5.13 Å². The molecule has 0 saturated carbocycles. The van der Waals surface area contributed by atoms with Gasteiger partial charge in [-0.05, 0) is 35.0 Å². The fraction of sp³-hybridized carbons (Fsp3) is 0.0909. The second-order valence-corrected chi connectivity index (χ2v) is 12.7. The van der Waals surface area contributed by atoms with Gasteiger partial charge in [0.25, 0.3) is 0 Å². The Morgan fingerprint density at radius 1 is 1.05 bits per heavy atom. The summed E-state index contributed by atoms with van der Waals surface area (Å²) in [6.07, 6.45) is -4.92. The van der Waals surface area contributed by atoms with Crippen molar-refractivity contribution in [1.82, 2.24) is 35.3 Å². The molecule has 0 spiro atoms. The van der Waals surface area contributed by atoms with Gasteiger partial charge < -0.3 is 16.6 Å². The van der Waals surface area contributed by atoms with Crippen LogP contribution in [0.2, 0.25) is 0 Å². The zero-order valence-electron chi connectivity index (χ0n) is 21.6. The predicted octanol–water partition coefficient (Wildman–Crippen LogP) is 1.34. The standard InChI is InChI=1S/C20H18N10O4S3.C2HF3O2/c21-18(12-5-1-2-9-24-12)28-37(33,34)14-8-7-10(11-4-3-6-13-16(11)25-20(22)35-13)15(17(14)36(23,31)32)19-26-29-30-27-19;3-2(4,5)1(6)7/h1-9,18,28H,21H2,(H2,22,25)(H2,23,31,32)(H,26,27,29,30);(H,6,7)/t18-;/m1./s1. The predicted molar refractivity (Wildman–Crippen MR) is 149 cm³/mol. The van der Waals surface area contributed by atoms with Crippen LogP contribution in [0.25, 0.3) is 32.7 Å². The molecule has 0 amide bonds. The number of nitrogen functional groups attached to an aromatic ring is 1. The Balaban J connectivity index is 0.000000566. The Kier molecular flexibility index (Phi) is 8.94. The van der Waals surface area contributed by atoms with Crippen molar-refractivity contribution in [3.63, 3.8) is 0 Å². The number of sulfonamides is 2. The maximum absolute atomic E-state index is 13.4. The van der Waals surface area contributed by atoms with E-state index in [0.29, 0.717) is 16.2 Å². The van der Waals surface area contributed by atoms with Gasteiger partial charge in [-0.1, -0.05) is 35.6 Å². The van der Waals surface area contributed by atoms with E-state index in [1.165, 1.54) is 29.7 Å². The minimum atomic E-state index is -5.08. The number of pyridine rings is 1. The molecule has 0 aliphatic carbocycles. The largest absolute Gasteiger partial charge is 0.490 e. The van der Waals surface area contributed by atoms with E-state index in [1.807, 2.05) is 0 Å². The van der Waals surface area contributed by atoms with E-state index in [2.05, 4.69) is 35.3 Å². The number of nitrogens with two attached hydrogens (primary N) is 3. The number of carbonyl (C=O) groups is 1. The highest BCUT2D eigenvalue weighted by molar-refractivity contribution is 7.92.